The third kappa shape index (κ3) is 2.80. The van der Waals surface area contributed by atoms with E-state index in [0.29, 0.717) is 5.69 Å². The van der Waals surface area contributed by atoms with Gasteiger partial charge in [0.25, 0.3) is 5.91 Å². The zero-order valence-electron chi connectivity index (χ0n) is 13.8. The van der Waals surface area contributed by atoms with E-state index in [1.54, 1.807) is 7.11 Å². The fourth-order valence-electron chi connectivity index (χ4n) is 2.81. The number of hydrogen-bond acceptors (Lipinski definition) is 2. The van der Waals surface area contributed by atoms with Gasteiger partial charge in [-0.2, -0.15) is 0 Å². The third-order valence-electron chi connectivity index (χ3n) is 4.12. The molecular weight excluding hydrogens is 288 g/mol. The Hall–Kier alpha value is -2.75. The van der Waals surface area contributed by atoms with Crippen LogP contribution in [0.4, 0.5) is 5.69 Å². The number of methoxy groups -OCH3 is 1. The summed E-state index contributed by atoms with van der Waals surface area (Å²) in [5.74, 6) is 0.629. The van der Waals surface area contributed by atoms with Crippen molar-refractivity contribution in [1.29, 1.82) is 0 Å². The fraction of sp³-hybridized carbons (Fsp3) is 0.211. The highest BCUT2D eigenvalue weighted by molar-refractivity contribution is 6.08. The quantitative estimate of drug-likeness (QED) is 0.755. The summed E-state index contributed by atoms with van der Waals surface area (Å²) in [6, 6.07) is 11.7. The van der Waals surface area contributed by atoms with E-state index in [9.17, 15) is 4.79 Å². The van der Waals surface area contributed by atoms with Crippen LogP contribution in [-0.4, -0.2) is 18.0 Å². The van der Waals surface area contributed by atoms with Crippen LogP contribution in [0.3, 0.4) is 0 Å². The van der Waals surface area contributed by atoms with E-state index in [1.165, 1.54) is 5.56 Å². The molecule has 1 amide bonds. The van der Waals surface area contributed by atoms with Gasteiger partial charge in [0.15, 0.2) is 0 Å². The SMILES string of the molecule is COc1ccc2c(C)c(C(=O)Nc3ccc(C)cc3C)[nH]c2c1. The molecule has 3 rings (SSSR count). The standard InChI is InChI=1S/C19H20N2O2/c1-11-5-8-16(12(2)9-11)21-19(22)18-13(3)15-7-6-14(23-4)10-17(15)20-18/h5-10,20H,1-4H3,(H,21,22). The number of nitrogens with one attached hydrogen (secondary N) is 2. The Balaban J connectivity index is 1.95. The fourth-order valence-corrected chi connectivity index (χ4v) is 2.81. The van der Waals surface area contributed by atoms with E-state index < -0.39 is 0 Å². The molecule has 4 heteroatoms. The summed E-state index contributed by atoms with van der Waals surface area (Å²) >= 11 is 0. The molecule has 0 unspecified atom stereocenters. The average Bonchev–Trinajstić information content (AvgIpc) is 2.86. The molecule has 0 saturated heterocycles. The Bertz CT molecular complexity index is 894. The number of carbonyl (C=O) groups is 1. The van der Waals surface area contributed by atoms with E-state index in [2.05, 4.69) is 16.4 Å². The van der Waals surface area contributed by atoms with E-state index in [0.717, 1.165) is 33.5 Å². The molecule has 0 atom stereocenters. The Morgan fingerprint density at radius 3 is 2.57 bits per heavy atom. The first-order valence-electron chi connectivity index (χ1n) is 7.54. The molecule has 0 radical (unpaired) electrons. The number of rotatable bonds is 3. The van der Waals surface area contributed by atoms with Crippen LogP contribution in [0.2, 0.25) is 0 Å². The van der Waals surface area contributed by atoms with Gasteiger partial charge in [-0.15, -0.1) is 0 Å². The molecule has 2 N–H and O–H groups in total. The van der Waals surface area contributed by atoms with Crippen LogP contribution < -0.4 is 10.1 Å². The highest BCUT2D eigenvalue weighted by Crippen LogP contribution is 2.26. The Labute approximate surface area is 135 Å². The number of carbonyl (C=O) groups excluding carboxylic acids is 1. The van der Waals surface area contributed by atoms with E-state index in [1.807, 2.05) is 51.1 Å². The Morgan fingerprint density at radius 2 is 1.87 bits per heavy atom. The van der Waals surface area contributed by atoms with Crippen LogP contribution in [0.15, 0.2) is 36.4 Å². The number of aromatic amines is 1. The molecule has 2 aromatic carbocycles. The number of anilines is 1. The minimum Gasteiger partial charge on any atom is -0.497 e. The zero-order valence-corrected chi connectivity index (χ0v) is 13.8. The maximum absolute atomic E-state index is 12.6. The van der Waals surface area contributed by atoms with Crippen LogP contribution in [0.1, 0.15) is 27.2 Å². The number of amides is 1. The molecule has 0 spiro atoms. The topological polar surface area (TPSA) is 54.1 Å². The highest BCUT2D eigenvalue weighted by atomic mass is 16.5. The van der Waals surface area contributed by atoms with Crippen molar-refractivity contribution in [3.05, 3.63) is 58.8 Å². The first-order valence-corrected chi connectivity index (χ1v) is 7.54. The number of ether oxygens (including phenoxy) is 1. The lowest BCUT2D eigenvalue weighted by Gasteiger charge is -2.08. The maximum atomic E-state index is 12.6. The van der Waals surface area contributed by atoms with Gasteiger partial charge in [0, 0.05) is 22.7 Å². The van der Waals surface area contributed by atoms with E-state index >= 15 is 0 Å². The summed E-state index contributed by atoms with van der Waals surface area (Å²) < 4.78 is 5.23. The van der Waals surface area contributed by atoms with Crippen molar-refractivity contribution in [3.8, 4) is 5.75 Å². The van der Waals surface area contributed by atoms with Crippen molar-refractivity contribution in [3.63, 3.8) is 0 Å². The molecule has 0 aliphatic carbocycles. The minimum atomic E-state index is -0.135. The predicted octanol–water partition coefficient (Wildman–Crippen LogP) is 4.35. The number of benzene rings is 2. The van der Waals surface area contributed by atoms with Crippen molar-refractivity contribution >= 4 is 22.5 Å². The van der Waals surface area contributed by atoms with E-state index in [4.69, 9.17) is 4.74 Å². The smallest absolute Gasteiger partial charge is 0.272 e. The van der Waals surface area contributed by atoms with Gasteiger partial charge in [-0.05, 0) is 50.1 Å². The summed E-state index contributed by atoms with van der Waals surface area (Å²) in [4.78, 5) is 15.8. The monoisotopic (exact) mass is 308 g/mol. The molecule has 3 aromatic rings. The zero-order chi connectivity index (χ0) is 16.6. The lowest BCUT2D eigenvalue weighted by atomic mass is 10.1. The predicted molar refractivity (Wildman–Crippen MR) is 93.5 cm³/mol. The molecule has 0 aliphatic heterocycles. The summed E-state index contributed by atoms with van der Waals surface area (Å²) in [6.45, 7) is 5.97. The van der Waals surface area contributed by atoms with Crippen LogP contribution in [-0.2, 0) is 0 Å². The van der Waals surface area contributed by atoms with Crippen molar-refractivity contribution in [2.75, 3.05) is 12.4 Å². The molecule has 23 heavy (non-hydrogen) atoms. The van der Waals surface area contributed by atoms with Gasteiger partial charge in [-0.3, -0.25) is 4.79 Å². The van der Waals surface area contributed by atoms with Crippen LogP contribution in [0.5, 0.6) is 5.75 Å². The molecule has 0 fully saturated rings. The molecule has 4 nitrogen and oxygen atoms in total. The summed E-state index contributed by atoms with van der Waals surface area (Å²) in [7, 11) is 1.63. The molecular formula is C19H20N2O2. The number of aromatic nitrogens is 1. The molecule has 118 valence electrons. The van der Waals surface area contributed by atoms with Gasteiger partial charge >= 0.3 is 0 Å². The third-order valence-corrected chi connectivity index (χ3v) is 4.12. The first kappa shape index (κ1) is 15.2. The Kier molecular flexibility index (Phi) is 3.82. The highest BCUT2D eigenvalue weighted by Gasteiger charge is 2.16. The van der Waals surface area contributed by atoms with Gasteiger partial charge in [0.1, 0.15) is 11.4 Å². The Morgan fingerprint density at radius 1 is 1.09 bits per heavy atom. The van der Waals surface area contributed by atoms with Gasteiger partial charge in [0.2, 0.25) is 0 Å². The summed E-state index contributed by atoms with van der Waals surface area (Å²) in [6.07, 6.45) is 0. The van der Waals surface area contributed by atoms with Crippen LogP contribution in [0, 0.1) is 20.8 Å². The van der Waals surface area contributed by atoms with Crippen LogP contribution >= 0.6 is 0 Å². The molecule has 0 saturated carbocycles. The normalized spacial score (nSPS) is 10.8. The van der Waals surface area contributed by atoms with Gasteiger partial charge in [-0.1, -0.05) is 17.7 Å². The summed E-state index contributed by atoms with van der Waals surface area (Å²) in [5, 5.41) is 4.01. The van der Waals surface area contributed by atoms with Crippen molar-refractivity contribution in [2.45, 2.75) is 20.8 Å². The number of H-pyrrole nitrogens is 1. The van der Waals surface area contributed by atoms with Gasteiger partial charge < -0.3 is 15.0 Å². The van der Waals surface area contributed by atoms with Gasteiger partial charge in [-0.25, -0.2) is 0 Å². The lowest BCUT2D eigenvalue weighted by molar-refractivity contribution is 0.102. The molecule has 0 bridgehead atoms. The average molecular weight is 308 g/mol. The summed E-state index contributed by atoms with van der Waals surface area (Å²) in [5.41, 5.74) is 5.46. The van der Waals surface area contributed by atoms with Crippen molar-refractivity contribution in [2.24, 2.45) is 0 Å². The van der Waals surface area contributed by atoms with Crippen LogP contribution in [0.25, 0.3) is 10.9 Å². The second-order valence-electron chi connectivity index (χ2n) is 5.81. The first-order chi connectivity index (χ1) is 11.0. The number of fused-ring (bicyclic) bond motifs is 1. The van der Waals surface area contributed by atoms with Crippen molar-refractivity contribution < 1.29 is 9.53 Å². The van der Waals surface area contributed by atoms with E-state index in [-0.39, 0.29) is 5.91 Å². The molecule has 0 aliphatic rings. The minimum absolute atomic E-state index is 0.135. The molecule has 1 heterocycles. The number of hydrogen-bond donors (Lipinski definition) is 2. The number of aryl methyl sites for hydroxylation is 3. The lowest BCUT2D eigenvalue weighted by Crippen LogP contribution is -2.14. The molecule has 1 aromatic heterocycles. The second kappa shape index (κ2) is 5.80. The largest absolute Gasteiger partial charge is 0.497 e. The van der Waals surface area contributed by atoms with Crippen molar-refractivity contribution in [1.82, 2.24) is 4.98 Å². The second-order valence-corrected chi connectivity index (χ2v) is 5.81. The van der Waals surface area contributed by atoms with Gasteiger partial charge in [0.05, 0.1) is 7.11 Å². The maximum Gasteiger partial charge on any atom is 0.272 e.